The third-order valence-electron chi connectivity index (χ3n) is 5.90. The van der Waals surface area contributed by atoms with E-state index in [1.165, 1.54) is 33.1 Å². The van der Waals surface area contributed by atoms with Crippen molar-refractivity contribution in [3.63, 3.8) is 0 Å². The Bertz CT molecular complexity index is 1030. The standard InChI is InChI=1S/C23H27F3N2O7/c1-11(2)22(33)28(10-23(24,25)26)15-8-14(21(32)27-4-5-29)17-13-6-12(9-30)7-16(34-3)19(13)35-20(17)18(15)31/h6-9,11,15,17-18,20,29,31H,4-5,10H2,1-3H3,(H,27,32)/t15-,17+,18+,20+/m1/s1. The summed E-state index contributed by atoms with van der Waals surface area (Å²) in [6.45, 7) is 0.688. The van der Waals surface area contributed by atoms with Crippen LogP contribution in [0.1, 0.15) is 35.7 Å². The molecule has 0 radical (unpaired) electrons. The summed E-state index contributed by atoms with van der Waals surface area (Å²) >= 11 is 0. The number of hydrogen-bond acceptors (Lipinski definition) is 7. The number of nitrogens with one attached hydrogen (secondary N) is 1. The van der Waals surface area contributed by atoms with E-state index in [1.807, 2.05) is 0 Å². The molecule has 4 atom stereocenters. The fraction of sp³-hybridized carbons (Fsp3) is 0.522. The van der Waals surface area contributed by atoms with Gasteiger partial charge in [-0.25, -0.2) is 0 Å². The van der Waals surface area contributed by atoms with Gasteiger partial charge in [-0.15, -0.1) is 0 Å². The number of benzene rings is 1. The minimum atomic E-state index is -4.77. The van der Waals surface area contributed by atoms with Gasteiger partial charge in [0, 0.05) is 29.2 Å². The topological polar surface area (TPSA) is 125 Å². The Morgan fingerprint density at radius 2 is 2.00 bits per heavy atom. The molecule has 1 aliphatic carbocycles. The lowest BCUT2D eigenvalue weighted by molar-refractivity contribution is -0.172. The van der Waals surface area contributed by atoms with Crippen molar-refractivity contribution in [3.8, 4) is 11.5 Å². The zero-order valence-electron chi connectivity index (χ0n) is 19.3. The van der Waals surface area contributed by atoms with E-state index in [0.29, 0.717) is 16.7 Å². The van der Waals surface area contributed by atoms with Crippen LogP contribution in [0.5, 0.6) is 11.5 Å². The lowest BCUT2D eigenvalue weighted by Crippen LogP contribution is -2.58. The van der Waals surface area contributed by atoms with Crippen molar-refractivity contribution in [1.82, 2.24) is 10.2 Å². The number of fused-ring (bicyclic) bond motifs is 3. The molecule has 0 saturated heterocycles. The molecule has 1 aliphatic heterocycles. The Morgan fingerprint density at radius 3 is 2.54 bits per heavy atom. The van der Waals surface area contributed by atoms with E-state index < -0.39 is 54.6 Å². The van der Waals surface area contributed by atoms with Gasteiger partial charge in [0.15, 0.2) is 11.5 Å². The molecule has 9 nitrogen and oxygen atoms in total. The molecule has 0 spiro atoms. The molecule has 1 aromatic carbocycles. The Balaban J connectivity index is 2.17. The highest BCUT2D eigenvalue weighted by Gasteiger charge is 2.52. The number of carbonyl (C=O) groups is 3. The molecule has 2 amide bonds. The fourth-order valence-corrected chi connectivity index (χ4v) is 4.41. The number of aliphatic hydroxyl groups excluding tert-OH is 2. The average Bonchev–Trinajstić information content (AvgIpc) is 3.19. The number of aldehydes is 1. The molecular weight excluding hydrogens is 473 g/mol. The van der Waals surface area contributed by atoms with Crippen molar-refractivity contribution in [3.05, 3.63) is 34.9 Å². The first kappa shape index (κ1) is 26.5. The van der Waals surface area contributed by atoms with Crippen molar-refractivity contribution in [2.24, 2.45) is 5.92 Å². The monoisotopic (exact) mass is 500 g/mol. The SMILES string of the molecule is COc1cc(C=O)cc2c1O[C@@H]1[C@@H](O)[C@H](N(CC(F)(F)F)C(=O)C(C)C)C=C(C(=O)NCCO)[C@H]21. The summed E-state index contributed by atoms with van der Waals surface area (Å²) in [5.41, 5.74) is 0.466. The van der Waals surface area contributed by atoms with Crippen LogP contribution in [-0.2, 0) is 9.59 Å². The van der Waals surface area contributed by atoms with E-state index in [-0.39, 0.29) is 35.8 Å². The molecule has 35 heavy (non-hydrogen) atoms. The van der Waals surface area contributed by atoms with Gasteiger partial charge in [0.1, 0.15) is 25.0 Å². The summed E-state index contributed by atoms with van der Waals surface area (Å²) in [4.78, 5) is 37.7. The minimum absolute atomic E-state index is 0.0636. The van der Waals surface area contributed by atoms with E-state index in [2.05, 4.69) is 5.32 Å². The molecule has 2 aliphatic rings. The summed E-state index contributed by atoms with van der Waals surface area (Å²) in [6.07, 6.45) is -5.98. The van der Waals surface area contributed by atoms with Gasteiger partial charge in [-0.1, -0.05) is 13.8 Å². The number of rotatable bonds is 8. The normalized spacial score (nSPS) is 23.1. The molecule has 0 saturated carbocycles. The third kappa shape index (κ3) is 5.27. The van der Waals surface area contributed by atoms with Crippen LogP contribution >= 0.6 is 0 Å². The van der Waals surface area contributed by atoms with Crippen LogP contribution in [0, 0.1) is 5.92 Å². The first-order chi connectivity index (χ1) is 16.4. The number of aliphatic hydroxyl groups is 2. The number of nitrogens with zero attached hydrogens (tertiary/aromatic N) is 1. The zero-order chi connectivity index (χ0) is 26.1. The van der Waals surface area contributed by atoms with Crippen molar-refractivity contribution in [1.29, 1.82) is 0 Å². The highest BCUT2D eigenvalue weighted by molar-refractivity contribution is 5.96. The van der Waals surface area contributed by atoms with Gasteiger partial charge in [0.25, 0.3) is 0 Å². The van der Waals surface area contributed by atoms with Crippen molar-refractivity contribution < 1.29 is 47.2 Å². The molecular formula is C23H27F3N2O7. The molecule has 1 heterocycles. The van der Waals surface area contributed by atoms with Crippen molar-refractivity contribution in [2.45, 2.75) is 44.2 Å². The summed E-state index contributed by atoms with van der Waals surface area (Å²) < 4.78 is 51.4. The van der Waals surface area contributed by atoms with Crippen molar-refractivity contribution >= 4 is 18.1 Å². The highest BCUT2D eigenvalue weighted by Crippen LogP contribution is 2.51. The summed E-state index contributed by atoms with van der Waals surface area (Å²) in [7, 11) is 1.33. The Morgan fingerprint density at radius 1 is 1.31 bits per heavy atom. The molecule has 0 fully saturated rings. The second-order valence-corrected chi connectivity index (χ2v) is 8.64. The van der Waals surface area contributed by atoms with E-state index in [4.69, 9.17) is 14.6 Å². The van der Waals surface area contributed by atoms with E-state index in [1.54, 1.807) is 0 Å². The maximum atomic E-state index is 13.4. The number of methoxy groups -OCH3 is 1. The van der Waals surface area contributed by atoms with Crippen LogP contribution in [-0.4, -0.2) is 84.4 Å². The molecule has 0 unspecified atom stereocenters. The highest BCUT2D eigenvalue weighted by atomic mass is 19.4. The van der Waals surface area contributed by atoms with Crippen LogP contribution < -0.4 is 14.8 Å². The number of halogens is 3. The van der Waals surface area contributed by atoms with Gasteiger partial charge in [-0.05, 0) is 18.2 Å². The van der Waals surface area contributed by atoms with E-state index in [9.17, 15) is 32.7 Å². The average molecular weight is 500 g/mol. The number of alkyl halides is 3. The Labute approximate surface area is 199 Å². The molecule has 0 aromatic heterocycles. The number of hydrogen-bond donors (Lipinski definition) is 3. The first-order valence-corrected chi connectivity index (χ1v) is 10.9. The summed E-state index contributed by atoms with van der Waals surface area (Å²) in [6, 6.07) is 1.30. The Hall–Kier alpha value is -3.12. The van der Waals surface area contributed by atoms with Crippen LogP contribution in [0.4, 0.5) is 13.2 Å². The summed E-state index contributed by atoms with van der Waals surface area (Å²) in [5.74, 6) is -3.10. The maximum absolute atomic E-state index is 13.4. The summed E-state index contributed by atoms with van der Waals surface area (Å²) in [5, 5.41) is 22.7. The second-order valence-electron chi connectivity index (χ2n) is 8.64. The maximum Gasteiger partial charge on any atom is 0.406 e. The molecule has 3 N–H and O–H groups in total. The molecule has 12 heteroatoms. The minimum Gasteiger partial charge on any atom is -0.493 e. The van der Waals surface area contributed by atoms with E-state index >= 15 is 0 Å². The van der Waals surface area contributed by atoms with E-state index in [0.717, 1.165) is 6.08 Å². The van der Waals surface area contributed by atoms with Crippen LogP contribution in [0.3, 0.4) is 0 Å². The van der Waals surface area contributed by atoms with Gasteiger partial charge < -0.3 is 29.9 Å². The smallest absolute Gasteiger partial charge is 0.406 e. The fourth-order valence-electron chi connectivity index (χ4n) is 4.41. The molecule has 192 valence electrons. The van der Waals surface area contributed by atoms with Gasteiger partial charge in [0.05, 0.1) is 25.7 Å². The van der Waals surface area contributed by atoms with Crippen molar-refractivity contribution in [2.75, 3.05) is 26.8 Å². The number of amides is 2. The van der Waals surface area contributed by atoms with Gasteiger partial charge >= 0.3 is 6.18 Å². The lowest BCUT2D eigenvalue weighted by Gasteiger charge is -2.41. The zero-order valence-corrected chi connectivity index (χ0v) is 19.3. The van der Waals surface area contributed by atoms with Crippen LogP contribution in [0.15, 0.2) is 23.8 Å². The van der Waals surface area contributed by atoms with Gasteiger partial charge in [-0.2, -0.15) is 13.2 Å². The van der Waals surface area contributed by atoms with Crippen LogP contribution in [0.25, 0.3) is 0 Å². The predicted molar refractivity (Wildman–Crippen MR) is 116 cm³/mol. The van der Waals surface area contributed by atoms with Gasteiger partial charge in [0.2, 0.25) is 11.8 Å². The third-order valence-corrected chi connectivity index (χ3v) is 5.90. The van der Waals surface area contributed by atoms with Gasteiger partial charge in [-0.3, -0.25) is 14.4 Å². The molecule has 1 aromatic rings. The quantitative estimate of drug-likeness (QED) is 0.458. The second kappa shape index (κ2) is 10.2. The van der Waals surface area contributed by atoms with Crippen LogP contribution in [0.2, 0.25) is 0 Å². The predicted octanol–water partition coefficient (Wildman–Crippen LogP) is 1.18. The first-order valence-electron chi connectivity index (χ1n) is 10.9. The number of carbonyl (C=O) groups excluding carboxylic acids is 3. The number of ether oxygens (including phenoxy) is 2. The molecule has 3 rings (SSSR count). The molecule has 0 bridgehead atoms. The Kier molecular flexibility index (Phi) is 7.75. The lowest BCUT2D eigenvalue weighted by atomic mass is 9.77. The largest absolute Gasteiger partial charge is 0.493 e.